The molecule has 208 valence electrons. The van der Waals surface area contributed by atoms with E-state index in [-0.39, 0.29) is 25.5 Å². The molecule has 11 heteroatoms. The zero-order chi connectivity index (χ0) is 28.4. The summed E-state index contributed by atoms with van der Waals surface area (Å²) in [5, 5.41) is 34.8. The molecule has 1 aliphatic rings. The Bertz CT molecular complexity index is 1360. The number of hydrogen-bond donors (Lipinski definition) is 4. The Morgan fingerprint density at radius 1 is 1.10 bits per heavy atom. The summed E-state index contributed by atoms with van der Waals surface area (Å²) in [5.41, 5.74) is 9.82. The zero-order valence-electron chi connectivity index (χ0n) is 21.8. The van der Waals surface area contributed by atoms with Crippen molar-refractivity contribution in [3.05, 3.63) is 106 Å². The average molecular weight is 546 g/mol. The molecule has 1 aliphatic heterocycles. The second-order valence-corrected chi connectivity index (χ2v) is 9.25. The van der Waals surface area contributed by atoms with E-state index >= 15 is 0 Å². The van der Waals surface area contributed by atoms with E-state index in [0.717, 1.165) is 5.56 Å². The van der Waals surface area contributed by atoms with Crippen LogP contribution in [-0.4, -0.2) is 65.1 Å². The Balaban J connectivity index is 1.81. The van der Waals surface area contributed by atoms with Crippen LogP contribution in [-0.2, 0) is 16.0 Å². The fraction of sp³-hybridized carbons (Fsp3) is 0.310. The maximum atomic E-state index is 14.0. The molecule has 1 amide bonds. The Hall–Kier alpha value is -4.41. The van der Waals surface area contributed by atoms with Crippen molar-refractivity contribution in [3.63, 3.8) is 0 Å². The second kappa shape index (κ2) is 13.6. The molecule has 40 heavy (non-hydrogen) atoms. The number of nitrogens with one attached hydrogen (secondary N) is 1. The van der Waals surface area contributed by atoms with Crippen LogP contribution in [0.1, 0.15) is 29.2 Å². The lowest BCUT2D eigenvalue weighted by Crippen LogP contribution is -2.51. The van der Waals surface area contributed by atoms with Crippen molar-refractivity contribution in [2.45, 2.75) is 30.6 Å². The molecule has 0 saturated carbocycles. The average Bonchev–Trinajstić information content (AvgIpc) is 3.37. The molecule has 11 nitrogen and oxygen atoms in total. The summed E-state index contributed by atoms with van der Waals surface area (Å²) in [6.07, 6.45) is -1.51. The molecule has 0 aromatic heterocycles. The van der Waals surface area contributed by atoms with Gasteiger partial charge in [0.2, 0.25) is 5.90 Å². The first kappa shape index (κ1) is 28.6. The standard InChI is InChI=1S/C29H31N5O6/c30-34-33-25-10-5-4-9-24(25)26-29(17-20-7-2-1-3-8-20,28(38)31-18-22(37)19-36)32-27(40-26)21-11-13-23(14-12-21)39-16-6-15-35/h1-5,7-14,22,26,35-37H,6,15-19H2,(H,31,38)/t22?,26-,29-/m1/s1. The number of aliphatic hydroxyl groups is 3. The molecule has 3 aromatic rings. The molecule has 1 unspecified atom stereocenters. The van der Waals surface area contributed by atoms with Crippen molar-refractivity contribution in [1.82, 2.24) is 5.32 Å². The van der Waals surface area contributed by atoms with Crippen LogP contribution in [0, 0.1) is 0 Å². The zero-order valence-corrected chi connectivity index (χ0v) is 21.8. The van der Waals surface area contributed by atoms with Gasteiger partial charge < -0.3 is 30.1 Å². The summed E-state index contributed by atoms with van der Waals surface area (Å²) in [7, 11) is 0. The van der Waals surface area contributed by atoms with Crippen molar-refractivity contribution in [3.8, 4) is 5.75 Å². The van der Waals surface area contributed by atoms with Crippen molar-refractivity contribution in [2.75, 3.05) is 26.4 Å². The lowest BCUT2D eigenvalue weighted by Gasteiger charge is -2.31. The van der Waals surface area contributed by atoms with Gasteiger partial charge >= 0.3 is 0 Å². The van der Waals surface area contributed by atoms with Crippen molar-refractivity contribution >= 4 is 17.5 Å². The second-order valence-electron chi connectivity index (χ2n) is 9.25. The fourth-order valence-electron chi connectivity index (χ4n) is 4.44. The third-order valence-corrected chi connectivity index (χ3v) is 6.43. The van der Waals surface area contributed by atoms with Gasteiger partial charge in [0.1, 0.15) is 5.75 Å². The highest BCUT2D eigenvalue weighted by Crippen LogP contribution is 2.45. The number of aliphatic hydroxyl groups excluding tert-OH is 3. The van der Waals surface area contributed by atoms with Crippen LogP contribution in [0.4, 0.5) is 5.69 Å². The molecule has 0 bridgehead atoms. The van der Waals surface area contributed by atoms with Gasteiger partial charge in [-0.3, -0.25) is 4.79 Å². The van der Waals surface area contributed by atoms with Crippen molar-refractivity contribution < 1.29 is 29.6 Å². The monoisotopic (exact) mass is 545 g/mol. The normalized spacial score (nSPS) is 18.7. The number of hydrogen-bond acceptors (Lipinski definition) is 8. The highest BCUT2D eigenvalue weighted by Gasteiger charge is 2.53. The summed E-state index contributed by atoms with van der Waals surface area (Å²) in [6.45, 7) is -0.317. The predicted octanol–water partition coefficient (Wildman–Crippen LogP) is 3.36. The number of ether oxygens (including phenoxy) is 2. The minimum absolute atomic E-state index is 0.0301. The van der Waals surface area contributed by atoms with E-state index in [0.29, 0.717) is 35.6 Å². The Morgan fingerprint density at radius 3 is 2.52 bits per heavy atom. The van der Waals surface area contributed by atoms with Crippen LogP contribution >= 0.6 is 0 Å². The van der Waals surface area contributed by atoms with Crippen molar-refractivity contribution in [1.29, 1.82) is 0 Å². The summed E-state index contributed by atoms with van der Waals surface area (Å²) < 4.78 is 12.0. The number of carbonyl (C=O) groups excluding carboxylic acids is 1. The highest BCUT2D eigenvalue weighted by molar-refractivity contribution is 6.01. The van der Waals surface area contributed by atoms with Gasteiger partial charge in [-0.15, -0.1) is 0 Å². The quantitative estimate of drug-likeness (QED) is 0.111. The molecular formula is C29H31N5O6. The van der Waals surface area contributed by atoms with Crippen molar-refractivity contribution in [2.24, 2.45) is 10.1 Å². The third kappa shape index (κ3) is 6.59. The largest absolute Gasteiger partial charge is 0.494 e. The molecule has 3 aromatic carbocycles. The van der Waals surface area contributed by atoms with Crippen LogP contribution in [0.2, 0.25) is 0 Å². The molecule has 0 aliphatic carbocycles. The molecule has 0 radical (unpaired) electrons. The third-order valence-electron chi connectivity index (χ3n) is 6.43. The number of rotatable bonds is 13. The van der Waals surface area contributed by atoms with E-state index in [4.69, 9.17) is 19.6 Å². The predicted molar refractivity (Wildman–Crippen MR) is 148 cm³/mol. The molecule has 0 spiro atoms. The van der Waals surface area contributed by atoms with E-state index in [1.807, 2.05) is 30.3 Å². The molecule has 0 saturated heterocycles. The number of nitrogens with zero attached hydrogens (tertiary/aromatic N) is 4. The highest BCUT2D eigenvalue weighted by atomic mass is 16.5. The lowest BCUT2D eigenvalue weighted by molar-refractivity contribution is -0.129. The van der Waals surface area contributed by atoms with Gasteiger partial charge in [-0.05, 0) is 35.4 Å². The molecule has 1 heterocycles. The van der Waals surface area contributed by atoms with E-state index in [1.54, 1.807) is 48.5 Å². The summed E-state index contributed by atoms with van der Waals surface area (Å²) in [5.74, 6) is 0.285. The fourth-order valence-corrected chi connectivity index (χ4v) is 4.44. The van der Waals surface area contributed by atoms with E-state index in [1.165, 1.54) is 0 Å². The first-order valence-corrected chi connectivity index (χ1v) is 12.9. The van der Waals surface area contributed by atoms with Gasteiger partial charge in [0, 0.05) is 47.7 Å². The number of azide groups is 1. The first-order valence-electron chi connectivity index (χ1n) is 12.9. The van der Waals surface area contributed by atoms with Crippen LogP contribution in [0.3, 0.4) is 0 Å². The van der Waals surface area contributed by atoms with Gasteiger partial charge in [-0.1, -0.05) is 59.7 Å². The van der Waals surface area contributed by atoms with Crippen LogP contribution < -0.4 is 10.1 Å². The maximum absolute atomic E-state index is 14.0. The summed E-state index contributed by atoms with van der Waals surface area (Å²) in [6, 6.07) is 23.2. The van der Waals surface area contributed by atoms with E-state index < -0.39 is 30.3 Å². The topological polar surface area (TPSA) is 169 Å². The Kier molecular flexibility index (Phi) is 9.71. The summed E-state index contributed by atoms with van der Waals surface area (Å²) >= 11 is 0. The molecular weight excluding hydrogens is 514 g/mol. The van der Waals surface area contributed by atoms with Crippen LogP contribution in [0.15, 0.2) is 89.0 Å². The van der Waals surface area contributed by atoms with Gasteiger partial charge in [0.25, 0.3) is 5.91 Å². The number of carbonyl (C=O) groups is 1. The SMILES string of the molecule is [N-]=[N+]=Nc1ccccc1[C@H]1OC(c2ccc(OCCCO)cc2)=N[C@@]1(Cc1ccccc1)C(=O)NCC(O)CO. The molecule has 4 rings (SSSR count). The van der Waals surface area contributed by atoms with E-state index in [9.17, 15) is 20.5 Å². The Labute approximate surface area is 231 Å². The van der Waals surface area contributed by atoms with Crippen LogP contribution in [0.25, 0.3) is 10.4 Å². The van der Waals surface area contributed by atoms with E-state index in [2.05, 4.69) is 15.3 Å². The van der Waals surface area contributed by atoms with Gasteiger partial charge in [0.05, 0.1) is 19.3 Å². The first-order chi connectivity index (χ1) is 19.5. The molecule has 4 N–H and O–H groups in total. The number of aliphatic imine (C=N–C) groups is 1. The lowest BCUT2D eigenvalue weighted by atomic mass is 9.81. The smallest absolute Gasteiger partial charge is 0.252 e. The molecule has 0 fully saturated rings. The minimum atomic E-state index is -1.55. The van der Waals surface area contributed by atoms with Crippen LogP contribution in [0.5, 0.6) is 5.75 Å². The van der Waals surface area contributed by atoms with Gasteiger partial charge in [0.15, 0.2) is 11.6 Å². The minimum Gasteiger partial charge on any atom is -0.494 e. The number of benzene rings is 3. The van der Waals surface area contributed by atoms with Gasteiger partial charge in [-0.25, -0.2) is 4.99 Å². The van der Waals surface area contributed by atoms with Gasteiger partial charge in [-0.2, -0.15) is 0 Å². The Morgan fingerprint density at radius 2 is 1.82 bits per heavy atom. The number of amides is 1. The summed E-state index contributed by atoms with van der Waals surface area (Å²) in [4.78, 5) is 21.8. The molecule has 3 atom stereocenters. The maximum Gasteiger partial charge on any atom is 0.252 e.